The predicted octanol–water partition coefficient (Wildman–Crippen LogP) is 3.58. The first kappa shape index (κ1) is 21.5. The van der Waals surface area contributed by atoms with Crippen LogP contribution < -0.4 is 5.32 Å². The Labute approximate surface area is 189 Å². The number of pyridine rings is 1. The number of carboxylic acids is 1. The number of carbonyl (C=O) groups is 2. The van der Waals surface area contributed by atoms with E-state index in [2.05, 4.69) is 10.3 Å². The summed E-state index contributed by atoms with van der Waals surface area (Å²) in [6, 6.07) is 14.8. The largest absolute Gasteiger partial charge is 0.478 e. The Kier molecular flexibility index (Phi) is 6.18. The van der Waals surface area contributed by atoms with E-state index in [0.717, 1.165) is 5.69 Å². The highest BCUT2D eigenvalue weighted by atomic mass is 32.1. The van der Waals surface area contributed by atoms with E-state index in [1.54, 1.807) is 48.4 Å². The van der Waals surface area contributed by atoms with Crippen molar-refractivity contribution in [2.24, 2.45) is 0 Å². The first-order valence-corrected chi connectivity index (χ1v) is 10.5. The molecule has 0 saturated carbocycles. The third-order valence-corrected chi connectivity index (χ3v) is 5.50. The van der Waals surface area contributed by atoms with Gasteiger partial charge in [0, 0.05) is 11.8 Å². The highest BCUT2D eigenvalue weighted by Crippen LogP contribution is 2.40. The molecule has 3 aromatic rings. The molecule has 8 nitrogen and oxygen atoms in total. The molecule has 4 rings (SSSR count). The Morgan fingerprint density at radius 2 is 1.97 bits per heavy atom. The minimum Gasteiger partial charge on any atom is -0.478 e. The SMILES string of the molecule is CCOC(=O)CN1C(=S)N[C@@H](c2ccccn2)[C@H]1c1ccc(-c2ccccc2C(=O)O)o1. The standard InChI is InChI=1S/C23H21N3O5S/c1-2-30-19(27)13-26-21(20(25-23(26)32)16-9-5-6-12-24-16)18-11-10-17(31-18)14-7-3-4-8-15(14)22(28)29/h3-12,20-21H,2,13H2,1H3,(H,25,32)(H,28,29)/t20-,21+/m0/s1. The summed E-state index contributed by atoms with van der Waals surface area (Å²) in [5.41, 5.74) is 1.33. The molecule has 0 aliphatic carbocycles. The van der Waals surface area contributed by atoms with Crippen LogP contribution in [-0.4, -0.2) is 45.2 Å². The number of esters is 1. The number of furan rings is 1. The summed E-state index contributed by atoms with van der Waals surface area (Å²) in [5.74, 6) is -0.525. The van der Waals surface area contributed by atoms with Crippen LogP contribution in [0.15, 0.2) is 65.2 Å². The molecule has 1 aliphatic heterocycles. The zero-order chi connectivity index (χ0) is 22.7. The van der Waals surface area contributed by atoms with Crippen molar-refractivity contribution in [2.45, 2.75) is 19.0 Å². The van der Waals surface area contributed by atoms with Crippen LogP contribution in [0.3, 0.4) is 0 Å². The number of aromatic carboxylic acids is 1. The average Bonchev–Trinajstić information content (AvgIpc) is 3.39. The molecule has 0 unspecified atom stereocenters. The molecule has 0 radical (unpaired) electrons. The maximum atomic E-state index is 12.2. The lowest BCUT2D eigenvalue weighted by Crippen LogP contribution is -2.35. The first-order chi connectivity index (χ1) is 15.5. The van der Waals surface area contributed by atoms with Crippen molar-refractivity contribution in [3.63, 3.8) is 0 Å². The van der Waals surface area contributed by atoms with Crippen LogP contribution in [0.25, 0.3) is 11.3 Å². The van der Waals surface area contributed by atoms with Crippen molar-refractivity contribution in [2.75, 3.05) is 13.2 Å². The predicted molar refractivity (Wildman–Crippen MR) is 120 cm³/mol. The van der Waals surface area contributed by atoms with Crippen LogP contribution >= 0.6 is 12.2 Å². The highest BCUT2D eigenvalue weighted by Gasteiger charge is 2.42. The number of carbonyl (C=O) groups excluding carboxylic acids is 1. The Morgan fingerprint density at radius 1 is 1.19 bits per heavy atom. The maximum Gasteiger partial charge on any atom is 0.336 e. The molecule has 3 heterocycles. The van der Waals surface area contributed by atoms with Crippen molar-refractivity contribution in [3.8, 4) is 11.3 Å². The summed E-state index contributed by atoms with van der Waals surface area (Å²) >= 11 is 5.51. The zero-order valence-corrected chi connectivity index (χ0v) is 18.0. The molecular formula is C23H21N3O5S. The second-order valence-corrected chi connectivity index (χ2v) is 7.50. The van der Waals surface area contributed by atoms with Gasteiger partial charge >= 0.3 is 11.9 Å². The number of benzene rings is 1. The van der Waals surface area contributed by atoms with Gasteiger partial charge in [-0.2, -0.15) is 0 Å². The van der Waals surface area contributed by atoms with Gasteiger partial charge in [-0.05, 0) is 49.5 Å². The smallest absolute Gasteiger partial charge is 0.336 e. The number of aromatic nitrogens is 1. The molecule has 32 heavy (non-hydrogen) atoms. The van der Waals surface area contributed by atoms with Crippen LogP contribution in [0, 0.1) is 0 Å². The lowest BCUT2D eigenvalue weighted by atomic mass is 10.0. The fourth-order valence-corrected chi connectivity index (χ4v) is 4.08. The second kappa shape index (κ2) is 9.19. The highest BCUT2D eigenvalue weighted by molar-refractivity contribution is 7.80. The maximum absolute atomic E-state index is 12.2. The number of nitrogens with one attached hydrogen (secondary N) is 1. The normalized spacial score (nSPS) is 17.8. The van der Waals surface area contributed by atoms with Crippen LogP contribution in [0.2, 0.25) is 0 Å². The molecule has 1 fully saturated rings. The van der Waals surface area contributed by atoms with Gasteiger partial charge in [-0.25, -0.2) is 4.79 Å². The minimum atomic E-state index is -1.04. The van der Waals surface area contributed by atoms with Crippen molar-refractivity contribution in [1.29, 1.82) is 0 Å². The van der Waals surface area contributed by atoms with E-state index in [9.17, 15) is 14.7 Å². The zero-order valence-electron chi connectivity index (χ0n) is 17.2. The molecule has 1 saturated heterocycles. The molecule has 2 atom stereocenters. The molecular weight excluding hydrogens is 430 g/mol. The Bertz CT molecular complexity index is 1150. The van der Waals surface area contributed by atoms with E-state index in [4.69, 9.17) is 21.4 Å². The second-order valence-electron chi connectivity index (χ2n) is 7.11. The minimum absolute atomic E-state index is 0.0601. The fourth-order valence-electron chi connectivity index (χ4n) is 3.77. The number of nitrogens with zero attached hydrogens (tertiary/aromatic N) is 2. The Balaban J connectivity index is 1.74. The number of carboxylic acid groups (broad SMARTS) is 1. The van der Waals surface area contributed by atoms with Gasteiger partial charge in [0.05, 0.1) is 23.9 Å². The van der Waals surface area contributed by atoms with Crippen molar-refractivity contribution in [1.82, 2.24) is 15.2 Å². The molecule has 0 amide bonds. The lowest BCUT2D eigenvalue weighted by molar-refractivity contribution is -0.143. The molecule has 2 N–H and O–H groups in total. The summed E-state index contributed by atoms with van der Waals surface area (Å²) in [5, 5.41) is 13.1. The van der Waals surface area contributed by atoms with E-state index in [1.807, 2.05) is 18.2 Å². The van der Waals surface area contributed by atoms with E-state index < -0.39 is 18.0 Å². The van der Waals surface area contributed by atoms with Gasteiger partial charge in [0.25, 0.3) is 0 Å². The Hall–Kier alpha value is -3.72. The van der Waals surface area contributed by atoms with Gasteiger partial charge in [0.1, 0.15) is 24.1 Å². The summed E-state index contributed by atoms with van der Waals surface area (Å²) < 4.78 is 11.2. The van der Waals surface area contributed by atoms with Crippen molar-refractivity contribution < 1.29 is 23.8 Å². The summed E-state index contributed by atoms with van der Waals surface area (Å²) in [4.78, 5) is 30.0. The van der Waals surface area contributed by atoms with E-state index in [0.29, 0.717) is 22.2 Å². The molecule has 164 valence electrons. The van der Waals surface area contributed by atoms with Gasteiger partial charge < -0.3 is 24.5 Å². The van der Waals surface area contributed by atoms with Crippen molar-refractivity contribution >= 4 is 29.3 Å². The summed E-state index contributed by atoms with van der Waals surface area (Å²) in [6.45, 7) is 1.94. The fraction of sp³-hybridized carbons (Fsp3) is 0.217. The van der Waals surface area contributed by atoms with Crippen LogP contribution in [-0.2, 0) is 9.53 Å². The average molecular weight is 452 g/mol. The number of ether oxygens (including phenoxy) is 1. The monoisotopic (exact) mass is 451 g/mol. The quantitative estimate of drug-likeness (QED) is 0.412. The molecule has 9 heteroatoms. The van der Waals surface area contributed by atoms with E-state index >= 15 is 0 Å². The third kappa shape index (κ3) is 4.19. The van der Waals surface area contributed by atoms with Gasteiger partial charge in [0.2, 0.25) is 0 Å². The van der Waals surface area contributed by atoms with Crippen LogP contribution in [0.1, 0.15) is 40.8 Å². The van der Waals surface area contributed by atoms with Crippen LogP contribution in [0.5, 0.6) is 0 Å². The van der Waals surface area contributed by atoms with Gasteiger partial charge in [-0.3, -0.25) is 9.78 Å². The molecule has 0 bridgehead atoms. The molecule has 2 aromatic heterocycles. The number of rotatable bonds is 7. The summed E-state index contributed by atoms with van der Waals surface area (Å²) in [7, 11) is 0. The topological polar surface area (TPSA) is 105 Å². The van der Waals surface area contributed by atoms with E-state index in [1.165, 1.54) is 6.07 Å². The number of hydrogen-bond donors (Lipinski definition) is 2. The number of thiocarbonyl (C=S) groups is 1. The molecule has 0 spiro atoms. The van der Waals surface area contributed by atoms with Gasteiger partial charge in [-0.15, -0.1) is 0 Å². The number of hydrogen-bond acceptors (Lipinski definition) is 6. The first-order valence-electron chi connectivity index (χ1n) is 10.1. The molecule has 1 aromatic carbocycles. The van der Waals surface area contributed by atoms with Gasteiger partial charge in [-0.1, -0.05) is 24.3 Å². The summed E-state index contributed by atoms with van der Waals surface area (Å²) in [6.07, 6.45) is 1.68. The van der Waals surface area contributed by atoms with E-state index in [-0.39, 0.29) is 24.8 Å². The lowest BCUT2D eigenvalue weighted by Gasteiger charge is -2.25. The van der Waals surface area contributed by atoms with Gasteiger partial charge in [0.15, 0.2) is 5.11 Å². The van der Waals surface area contributed by atoms with Crippen LogP contribution in [0.4, 0.5) is 0 Å². The third-order valence-electron chi connectivity index (χ3n) is 5.14. The molecule has 1 aliphatic rings. The Morgan fingerprint density at radius 3 is 2.69 bits per heavy atom. The van der Waals surface area contributed by atoms with Crippen molar-refractivity contribution in [3.05, 3.63) is 77.8 Å².